The number of halogens is 3. The summed E-state index contributed by atoms with van der Waals surface area (Å²) in [6, 6.07) is 6.63. The molecule has 10 nitrogen and oxygen atoms in total. The predicted octanol–water partition coefficient (Wildman–Crippen LogP) is 2.38. The molecule has 3 aromatic rings. The van der Waals surface area contributed by atoms with Crippen LogP contribution in [0.5, 0.6) is 0 Å². The van der Waals surface area contributed by atoms with Gasteiger partial charge in [-0.05, 0) is 18.6 Å². The first-order valence-electron chi connectivity index (χ1n) is 9.92. The van der Waals surface area contributed by atoms with Gasteiger partial charge in [-0.15, -0.1) is 0 Å². The maximum absolute atomic E-state index is 13.0. The second-order valence-corrected chi connectivity index (χ2v) is 9.97. The van der Waals surface area contributed by atoms with Crippen LogP contribution in [0.3, 0.4) is 0 Å². The fourth-order valence-corrected chi connectivity index (χ4v) is 5.96. The van der Waals surface area contributed by atoms with E-state index in [-0.39, 0.29) is 16.3 Å². The third-order valence-electron chi connectivity index (χ3n) is 5.90. The van der Waals surface area contributed by atoms with Crippen LogP contribution in [0.4, 0.5) is 19.0 Å². The van der Waals surface area contributed by atoms with Crippen LogP contribution >= 0.6 is 0 Å². The molecule has 2 aromatic heterocycles. The van der Waals surface area contributed by atoms with E-state index >= 15 is 0 Å². The zero-order valence-electron chi connectivity index (χ0n) is 17.5. The summed E-state index contributed by atoms with van der Waals surface area (Å²) in [6.07, 6.45) is -0.148. The topological polar surface area (TPSA) is 137 Å². The van der Waals surface area contributed by atoms with Gasteiger partial charge in [0.05, 0.1) is 16.8 Å². The molecule has 178 valence electrons. The lowest BCUT2D eigenvalue weighted by molar-refractivity contribution is -0.156. The van der Waals surface area contributed by atoms with E-state index in [2.05, 4.69) is 24.6 Å². The molecule has 3 fully saturated rings. The monoisotopic (exact) mass is 493 g/mol. The number of benzene rings is 1. The van der Waals surface area contributed by atoms with Crippen molar-refractivity contribution in [2.24, 2.45) is 0 Å². The molecular formula is C20H18F3N7O3S. The number of aldehydes is 1. The van der Waals surface area contributed by atoms with Crippen molar-refractivity contribution in [3.05, 3.63) is 48.2 Å². The second-order valence-electron chi connectivity index (χ2n) is 8.29. The Kier molecular flexibility index (Phi) is 5.57. The number of carbonyl (C=O) groups excluding carboxylic acids is 1. The number of aromatic nitrogens is 4. The Morgan fingerprint density at radius 2 is 1.94 bits per heavy atom. The second kappa shape index (κ2) is 8.03. The van der Waals surface area contributed by atoms with Gasteiger partial charge in [0, 0.05) is 30.4 Å². The van der Waals surface area contributed by atoms with Gasteiger partial charge < -0.3 is 10.6 Å². The van der Waals surface area contributed by atoms with Crippen molar-refractivity contribution in [2.45, 2.75) is 47.8 Å². The van der Waals surface area contributed by atoms with E-state index in [1.54, 1.807) is 30.5 Å². The average Bonchev–Trinajstić information content (AvgIpc) is 3.45. The van der Waals surface area contributed by atoms with Crippen LogP contribution < -0.4 is 10.5 Å². The number of rotatable bonds is 4. The number of nitrogens with one attached hydrogen (secondary N) is 1. The molecule has 0 spiro atoms. The lowest BCUT2D eigenvalue weighted by Crippen LogP contribution is -2.57. The Hall–Kier alpha value is -3.57. The van der Waals surface area contributed by atoms with Gasteiger partial charge >= 0.3 is 6.18 Å². The van der Waals surface area contributed by atoms with Crippen LogP contribution in [-0.4, -0.2) is 51.5 Å². The summed E-state index contributed by atoms with van der Waals surface area (Å²) in [5.74, 6) is 0.250. The van der Waals surface area contributed by atoms with E-state index in [0.717, 1.165) is 6.42 Å². The van der Waals surface area contributed by atoms with Gasteiger partial charge in [-0.3, -0.25) is 4.79 Å². The van der Waals surface area contributed by atoms with Crippen molar-refractivity contribution in [2.75, 3.05) is 5.73 Å². The van der Waals surface area contributed by atoms with Crippen molar-refractivity contribution in [1.29, 1.82) is 0 Å². The maximum atomic E-state index is 13.0. The highest BCUT2D eigenvalue weighted by Crippen LogP contribution is 2.57. The molecule has 3 aliphatic rings. The molecular weight excluding hydrogens is 475 g/mol. The summed E-state index contributed by atoms with van der Waals surface area (Å²) >= 11 is 0. The van der Waals surface area contributed by atoms with E-state index in [1.165, 1.54) is 10.8 Å². The van der Waals surface area contributed by atoms with Gasteiger partial charge in [-0.2, -0.15) is 18.3 Å². The maximum Gasteiger partial charge on any atom is 0.446 e. The molecule has 0 saturated heterocycles. The fraction of sp³-hybridized carbons (Fsp3) is 0.350. The number of carbonyl (C=O) groups is 1. The number of hydrogen-bond donors (Lipinski definition) is 2. The largest absolute Gasteiger partial charge is 0.446 e. The Labute approximate surface area is 191 Å². The summed E-state index contributed by atoms with van der Waals surface area (Å²) in [6.45, 7) is 7.33. The fourth-order valence-electron chi connectivity index (χ4n) is 4.49. The normalized spacial score (nSPS) is 23.5. The minimum absolute atomic E-state index is 0.170. The average molecular weight is 493 g/mol. The Bertz CT molecular complexity index is 1410. The van der Waals surface area contributed by atoms with Crippen LogP contribution in [0.2, 0.25) is 0 Å². The molecule has 2 heterocycles. The molecule has 34 heavy (non-hydrogen) atoms. The summed E-state index contributed by atoms with van der Waals surface area (Å²) in [5, 5.41) is 4.16. The minimum atomic E-state index is -4.64. The lowest BCUT2D eigenvalue weighted by Gasteiger charge is -2.39. The first-order valence-corrected chi connectivity index (χ1v) is 11.4. The number of nitrogen functional groups attached to an aromatic ring is 1. The van der Waals surface area contributed by atoms with E-state index in [9.17, 15) is 21.6 Å². The molecule has 3 saturated carbocycles. The minimum Gasteiger partial charge on any atom is -0.381 e. The lowest BCUT2D eigenvalue weighted by atomic mass is 9.72. The van der Waals surface area contributed by atoms with Crippen LogP contribution in [0.15, 0.2) is 41.7 Å². The highest BCUT2D eigenvalue weighted by atomic mass is 32.2. The smallest absolute Gasteiger partial charge is 0.381 e. The third kappa shape index (κ3) is 4.31. The quantitative estimate of drug-likeness (QED) is 0.421. The highest BCUT2D eigenvalue weighted by Gasteiger charge is 2.67. The standard InChI is InChI=1S/C18H17N7O2S.C2HF3O/c1-20-17-5-6-18(9-17,10-17)24-28(26,27)13-4-2-3-12(7-13)14-8-21-16-15(19)22-11-23-25(14)16;3-2(4,5)1-6/h2-4,7-8,11,24H,5-6,9-10H2,(H2,19,22,23);1H. The van der Waals surface area contributed by atoms with E-state index < -0.39 is 28.0 Å². The molecule has 0 radical (unpaired) electrons. The third-order valence-corrected chi connectivity index (χ3v) is 7.47. The zero-order chi connectivity index (χ0) is 24.8. The van der Waals surface area contributed by atoms with Crippen molar-refractivity contribution < 1.29 is 26.4 Å². The molecule has 0 unspecified atom stereocenters. The van der Waals surface area contributed by atoms with Gasteiger partial charge in [0.25, 0.3) is 0 Å². The Morgan fingerprint density at radius 1 is 1.24 bits per heavy atom. The predicted molar refractivity (Wildman–Crippen MR) is 114 cm³/mol. The summed E-state index contributed by atoms with van der Waals surface area (Å²) in [5.41, 5.74) is 6.67. The van der Waals surface area contributed by atoms with Crippen LogP contribution in [0.25, 0.3) is 21.7 Å². The molecule has 1 aromatic carbocycles. The van der Waals surface area contributed by atoms with Crippen molar-refractivity contribution in [3.8, 4) is 11.3 Å². The molecule has 0 atom stereocenters. The van der Waals surface area contributed by atoms with E-state index in [0.29, 0.717) is 36.2 Å². The molecule has 3 N–H and O–H groups in total. The number of hydrogen-bond acceptors (Lipinski definition) is 7. The Balaban J connectivity index is 0.000000408. The first-order chi connectivity index (χ1) is 15.9. The number of imidazole rings is 1. The number of anilines is 1. The van der Waals surface area contributed by atoms with Crippen LogP contribution in [0.1, 0.15) is 25.7 Å². The van der Waals surface area contributed by atoms with E-state index in [4.69, 9.17) is 17.1 Å². The first kappa shape index (κ1) is 23.6. The number of nitrogens with two attached hydrogens (primary N) is 1. The molecule has 2 bridgehead atoms. The zero-order valence-corrected chi connectivity index (χ0v) is 18.3. The Morgan fingerprint density at radius 3 is 2.56 bits per heavy atom. The molecule has 0 aliphatic heterocycles. The summed E-state index contributed by atoms with van der Waals surface area (Å²) in [4.78, 5) is 20.7. The number of fused-ring (bicyclic) bond motifs is 2. The molecule has 3 aliphatic carbocycles. The summed E-state index contributed by atoms with van der Waals surface area (Å²) < 4.78 is 61.6. The van der Waals surface area contributed by atoms with Crippen LogP contribution in [-0.2, 0) is 14.8 Å². The summed E-state index contributed by atoms with van der Waals surface area (Å²) in [7, 11) is -3.71. The van der Waals surface area contributed by atoms with Crippen molar-refractivity contribution in [3.63, 3.8) is 0 Å². The number of alkyl halides is 3. The van der Waals surface area contributed by atoms with Crippen molar-refractivity contribution in [1.82, 2.24) is 24.3 Å². The highest BCUT2D eigenvalue weighted by molar-refractivity contribution is 7.89. The number of sulfonamides is 1. The van der Waals surface area contributed by atoms with Gasteiger partial charge in [-0.1, -0.05) is 12.1 Å². The number of nitrogens with zero attached hydrogens (tertiary/aromatic N) is 5. The van der Waals surface area contributed by atoms with Gasteiger partial charge in [-0.25, -0.2) is 34.2 Å². The van der Waals surface area contributed by atoms with Gasteiger partial charge in [0.15, 0.2) is 11.5 Å². The van der Waals surface area contributed by atoms with E-state index in [1.807, 2.05) is 0 Å². The molecule has 6 rings (SSSR count). The molecule has 14 heteroatoms. The SMILES string of the molecule is O=CC(F)(F)F.[C-]#[N+]C12CCC(NS(=O)(=O)c3cccc(-c4cnc5c(N)ncnn45)c3)(C1)C2. The van der Waals surface area contributed by atoms with Gasteiger partial charge in [0.1, 0.15) is 6.33 Å². The van der Waals surface area contributed by atoms with Crippen LogP contribution in [0, 0.1) is 6.57 Å². The van der Waals surface area contributed by atoms with Crippen molar-refractivity contribution >= 4 is 27.8 Å². The van der Waals surface area contributed by atoms with Gasteiger partial charge in [0.2, 0.25) is 21.8 Å². The molecule has 0 amide bonds.